The van der Waals surface area contributed by atoms with E-state index in [1.165, 1.54) is 0 Å². The average Bonchev–Trinajstić information content (AvgIpc) is 3.03. The fourth-order valence-corrected chi connectivity index (χ4v) is 2.75. The minimum Gasteiger partial charge on any atom is -0.484 e. The normalized spacial score (nSPS) is 13.8. The second-order valence-electron chi connectivity index (χ2n) is 6.05. The molecule has 1 aliphatic rings. The van der Waals surface area contributed by atoms with Gasteiger partial charge in [-0.1, -0.05) is 6.07 Å². The minimum atomic E-state index is -0.257. The number of rotatable bonds is 5. The van der Waals surface area contributed by atoms with E-state index in [0.29, 0.717) is 23.5 Å². The zero-order valence-corrected chi connectivity index (χ0v) is 14.1. The summed E-state index contributed by atoms with van der Waals surface area (Å²) in [6, 6.07) is 12.5. The van der Waals surface area contributed by atoms with Crippen molar-refractivity contribution < 1.29 is 14.3 Å². The molecule has 0 atom stereocenters. The van der Waals surface area contributed by atoms with Crippen molar-refractivity contribution in [1.29, 1.82) is 0 Å². The van der Waals surface area contributed by atoms with Gasteiger partial charge in [-0.05, 0) is 55.3 Å². The number of carbonyl (C=O) groups is 2. The lowest BCUT2D eigenvalue weighted by Gasteiger charge is -2.16. The maximum Gasteiger partial charge on any atom is 0.262 e. The summed E-state index contributed by atoms with van der Waals surface area (Å²) in [4.78, 5) is 25.5. The minimum absolute atomic E-state index is 0.101. The molecule has 1 heterocycles. The number of aryl methyl sites for hydroxylation is 1. The monoisotopic (exact) mass is 339 g/mol. The summed E-state index contributed by atoms with van der Waals surface area (Å²) in [5.41, 5.74) is 8.79. The number of nitrogens with two attached hydrogens (primary N) is 1. The molecule has 2 aromatic carbocycles. The molecule has 0 aliphatic carbocycles. The van der Waals surface area contributed by atoms with E-state index in [9.17, 15) is 9.59 Å². The first-order valence-corrected chi connectivity index (χ1v) is 8.22. The van der Waals surface area contributed by atoms with Crippen LogP contribution < -0.4 is 20.7 Å². The van der Waals surface area contributed by atoms with E-state index in [1.54, 1.807) is 29.2 Å². The Morgan fingerprint density at radius 3 is 2.68 bits per heavy atom. The van der Waals surface area contributed by atoms with E-state index in [2.05, 4.69) is 5.32 Å². The maximum atomic E-state index is 12.0. The summed E-state index contributed by atoms with van der Waals surface area (Å²) in [7, 11) is 0. The van der Waals surface area contributed by atoms with Crippen molar-refractivity contribution in [3.05, 3.63) is 48.0 Å². The van der Waals surface area contributed by atoms with Crippen LogP contribution in [0.3, 0.4) is 0 Å². The molecule has 0 unspecified atom stereocenters. The summed E-state index contributed by atoms with van der Waals surface area (Å²) in [6.07, 6.45) is 1.49. The van der Waals surface area contributed by atoms with Gasteiger partial charge in [-0.15, -0.1) is 0 Å². The van der Waals surface area contributed by atoms with E-state index in [1.807, 2.05) is 25.1 Å². The van der Waals surface area contributed by atoms with Crippen LogP contribution in [0.5, 0.6) is 5.75 Å². The number of anilines is 3. The van der Waals surface area contributed by atoms with Crippen LogP contribution in [0.4, 0.5) is 17.1 Å². The number of amides is 2. The zero-order chi connectivity index (χ0) is 17.8. The number of carbonyl (C=O) groups excluding carboxylic acids is 2. The fraction of sp³-hybridized carbons (Fsp3) is 0.263. The highest BCUT2D eigenvalue weighted by Gasteiger charge is 2.21. The number of hydrogen-bond acceptors (Lipinski definition) is 4. The van der Waals surface area contributed by atoms with Gasteiger partial charge in [-0.3, -0.25) is 9.59 Å². The lowest BCUT2D eigenvalue weighted by Crippen LogP contribution is -2.23. The lowest BCUT2D eigenvalue weighted by molar-refractivity contribution is -0.118. The zero-order valence-electron chi connectivity index (χ0n) is 14.1. The summed E-state index contributed by atoms with van der Waals surface area (Å²) in [6.45, 7) is 2.55. The largest absolute Gasteiger partial charge is 0.484 e. The fourth-order valence-electron chi connectivity index (χ4n) is 2.75. The van der Waals surface area contributed by atoms with E-state index in [-0.39, 0.29) is 18.4 Å². The lowest BCUT2D eigenvalue weighted by atomic mass is 10.2. The highest BCUT2D eigenvalue weighted by molar-refractivity contribution is 5.95. The summed E-state index contributed by atoms with van der Waals surface area (Å²) < 4.78 is 5.51. The number of benzene rings is 2. The molecule has 1 aliphatic heterocycles. The number of nitrogens with one attached hydrogen (secondary N) is 1. The summed E-state index contributed by atoms with van der Waals surface area (Å²) >= 11 is 0. The van der Waals surface area contributed by atoms with Crippen LogP contribution in [0.1, 0.15) is 18.4 Å². The van der Waals surface area contributed by atoms with Gasteiger partial charge in [0.2, 0.25) is 5.91 Å². The van der Waals surface area contributed by atoms with E-state index in [0.717, 1.165) is 24.2 Å². The summed E-state index contributed by atoms with van der Waals surface area (Å²) in [5.74, 6) is 0.466. The molecule has 2 aromatic rings. The molecule has 0 aromatic heterocycles. The first kappa shape index (κ1) is 16.8. The van der Waals surface area contributed by atoms with Crippen LogP contribution in [0.25, 0.3) is 0 Å². The van der Waals surface area contributed by atoms with Crippen LogP contribution in [0.15, 0.2) is 42.5 Å². The Balaban J connectivity index is 1.55. The Hall–Kier alpha value is -3.02. The molecule has 25 heavy (non-hydrogen) atoms. The maximum absolute atomic E-state index is 12.0. The van der Waals surface area contributed by atoms with Crippen molar-refractivity contribution in [1.82, 2.24) is 0 Å². The topological polar surface area (TPSA) is 84.7 Å². The first-order chi connectivity index (χ1) is 12.0. The Morgan fingerprint density at radius 1 is 1.24 bits per heavy atom. The van der Waals surface area contributed by atoms with E-state index in [4.69, 9.17) is 10.5 Å². The van der Waals surface area contributed by atoms with Gasteiger partial charge in [0, 0.05) is 30.0 Å². The molecular weight excluding hydrogens is 318 g/mol. The molecule has 0 radical (unpaired) electrons. The van der Waals surface area contributed by atoms with Gasteiger partial charge in [0.15, 0.2) is 6.61 Å². The van der Waals surface area contributed by atoms with Gasteiger partial charge >= 0.3 is 0 Å². The number of hydrogen-bond donors (Lipinski definition) is 2. The third-order valence-corrected chi connectivity index (χ3v) is 4.13. The second kappa shape index (κ2) is 7.25. The smallest absolute Gasteiger partial charge is 0.262 e. The van der Waals surface area contributed by atoms with E-state index >= 15 is 0 Å². The van der Waals surface area contributed by atoms with Crippen LogP contribution in [0, 0.1) is 6.92 Å². The Bertz CT molecular complexity index is 787. The van der Waals surface area contributed by atoms with Crippen LogP contribution in [-0.2, 0) is 9.59 Å². The SMILES string of the molecule is Cc1ccc(N)cc1NC(=O)COc1ccc(N2CCCC2=O)cc1. The number of ether oxygens (including phenoxy) is 1. The molecule has 2 amide bonds. The Kier molecular flexibility index (Phi) is 4.88. The Labute approximate surface area is 146 Å². The molecule has 0 saturated carbocycles. The summed E-state index contributed by atoms with van der Waals surface area (Å²) in [5, 5.41) is 2.79. The van der Waals surface area contributed by atoms with Gasteiger partial charge in [-0.2, -0.15) is 0 Å². The standard InChI is InChI=1S/C19H21N3O3/c1-13-4-5-14(20)11-17(13)21-18(23)12-25-16-8-6-15(7-9-16)22-10-2-3-19(22)24/h4-9,11H,2-3,10,12,20H2,1H3,(H,21,23). The number of nitrogen functional groups attached to an aromatic ring is 1. The first-order valence-electron chi connectivity index (χ1n) is 8.22. The van der Waals surface area contributed by atoms with Gasteiger partial charge in [0.1, 0.15) is 5.75 Å². The van der Waals surface area contributed by atoms with Gasteiger partial charge < -0.3 is 20.7 Å². The van der Waals surface area contributed by atoms with Crippen molar-refractivity contribution in [3.8, 4) is 5.75 Å². The van der Waals surface area contributed by atoms with E-state index < -0.39 is 0 Å². The predicted octanol–water partition coefficient (Wildman–Crippen LogP) is 2.72. The third kappa shape index (κ3) is 4.09. The van der Waals surface area contributed by atoms with Crippen molar-refractivity contribution in [2.75, 3.05) is 29.1 Å². The molecule has 130 valence electrons. The molecule has 1 saturated heterocycles. The molecule has 1 fully saturated rings. The highest BCUT2D eigenvalue weighted by Crippen LogP contribution is 2.24. The van der Waals surface area contributed by atoms with Crippen molar-refractivity contribution in [3.63, 3.8) is 0 Å². The molecule has 3 N–H and O–H groups in total. The van der Waals surface area contributed by atoms with Crippen LogP contribution >= 0.6 is 0 Å². The van der Waals surface area contributed by atoms with Gasteiger partial charge in [0.05, 0.1) is 0 Å². The third-order valence-electron chi connectivity index (χ3n) is 4.13. The molecule has 0 spiro atoms. The number of nitrogens with zero attached hydrogens (tertiary/aromatic N) is 1. The Morgan fingerprint density at radius 2 is 2.00 bits per heavy atom. The van der Waals surface area contributed by atoms with Crippen LogP contribution in [-0.4, -0.2) is 25.0 Å². The van der Waals surface area contributed by atoms with Crippen molar-refractivity contribution in [2.45, 2.75) is 19.8 Å². The van der Waals surface area contributed by atoms with Crippen LogP contribution in [0.2, 0.25) is 0 Å². The predicted molar refractivity (Wildman–Crippen MR) is 97.7 cm³/mol. The quantitative estimate of drug-likeness (QED) is 0.820. The average molecular weight is 339 g/mol. The second-order valence-corrected chi connectivity index (χ2v) is 6.05. The van der Waals surface area contributed by atoms with Crippen molar-refractivity contribution in [2.24, 2.45) is 0 Å². The molecule has 6 nitrogen and oxygen atoms in total. The molecule has 0 bridgehead atoms. The molecule has 6 heteroatoms. The molecular formula is C19H21N3O3. The van der Waals surface area contributed by atoms with Gasteiger partial charge in [-0.25, -0.2) is 0 Å². The highest BCUT2D eigenvalue weighted by atomic mass is 16.5. The molecule has 3 rings (SSSR count). The van der Waals surface area contributed by atoms with Crippen molar-refractivity contribution >= 4 is 28.9 Å². The van der Waals surface area contributed by atoms with Gasteiger partial charge in [0.25, 0.3) is 5.91 Å².